The molecule has 6 nitrogen and oxygen atoms in total. The molecule has 2 heterocycles. The summed E-state index contributed by atoms with van der Waals surface area (Å²) in [5.41, 5.74) is 4.54. The summed E-state index contributed by atoms with van der Waals surface area (Å²) in [5.74, 6) is 0.390. The normalized spacial score (nSPS) is 17.1. The number of amides is 1. The van der Waals surface area contributed by atoms with Crippen molar-refractivity contribution in [1.29, 1.82) is 0 Å². The van der Waals surface area contributed by atoms with E-state index in [1.54, 1.807) is 30.0 Å². The number of sulfonamides is 1. The summed E-state index contributed by atoms with van der Waals surface area (Å²) in [6.07, 6.45) is 1.53. The maximum Gasteiger partial charge on any atom is 0.265 e. The van der Waals surface area contributed by atoms with E-state index < -0.39 is 10.0 Å². The van der Waals surface area contributed by atoms with Crippen molar-refractivity contribution in [3.05, 3.63) is 83.4 Å². The van der Waals surface area contributed by atoms with E-state index in [9.17, 15) is 13.2 Å². The van der Waals surface area contributed by atoms with Crippen molar-refractivity contribution in [2.24, 2.45) is 0 Å². The lowest BCUT2D eigenvalue weighted by molar-refractivity contribution is -0.120. The molecule has 3 aromatic carbocycles. The molecule has 0 saturated carbocycles. The minimum absolute atomic E-state index is 0.0791. The highest BCUT2D eigenvalue weighted by atomic mass is 32.2. The van der Waals surface area contributed by atoms with Gasteiger partial charge in [0.25, 0.3) is 15.9 Å². The van der Waals surface area contributed by atoms with Crippen LogP contribution in [0, 0.1) is 6.92 Å². The molecule has 0 N–H and O–H groups in total. The summed E-state index contributed by atoms with van der Waals surface area (Å²) in [6, 6.07) is 20.4. The maximum absolute atomic E-state index is 13.3. The number of aryl methyl sites for hydroxylation is 1. The summed E-state index contributed by atoms with van der Waals surface area (Å²) in [6.45, 7) is 4.15. The number of nitrogens with zero attached hydrogens (tertiary/aromatic N) is 2. The van der Waals surface area contributed by atoms with Gasteiger partial charge in [-0.25, -0.2) is 8.42 Å². The van der Waals surface area contributed by atoms with E-state index in [0.717, 1.165) is 28.9 Å². The minimum atomic E-state index is -3.67. The second-order valence-corrected chi connectivity index (χ2v) is 10.5. The SMILES string of the molecule is Cc1cc(S(=O)(=O)N2CCc3ccccc32)ccc1OCC(=O)N1c2ccccc2C[C@H]1C. The van der Waals surface area contributed by atoms with Crippen molar-refractivity contribution in [2.75, 3.05) is 22.4 Å². The van der Waals surface area contributed by atoms with Gasteiger partial charge in [-0.1, -0.05) is 36.4 Å². The van der Waals surface area contributed by atoms with Gasteiger partial charge in [-0.05, 0) is 73.7 Å². The molecule has 0 aromatic heterocycles. The van der Waals surface area contributed by atoms with Gasteiger partial charge < -0.3 is 9.64 Å². The molecule has 0 radical (unpaired) electrons. The predicted octanol–water partition coefficient (Wildman–Crippen LogP) is 4.10. The zero-order chi connectivity index (χ0) is 23.2. The standard InChI is InChI=1S/C26H26N2O4S/c1-18-15-22(33(30,31)27-14-13-20-7-3-5-9-23(20)27)11-12-25(18)32-17-26(29)28-19(2)16-21-8-4-6-10-24(21)28/h3-12,15,19H,13-14,16-17H2,1-2H3/t19-/m1/s1. The third-order valence-electron chi connectivity index (χ3n) is 6.41. The Morgan fingerprint density at radius 2 is 1.70 bits per heavy atom. The van der Waals surface area contributed by atoms with Crippen LogP contribution in [0.2, 0.25) is 0 Å². The van der Waals surface area contributed by atoms with Crippen molar-refractivity contribution >= 4 is 27.3 Å². The molecule has 33 heavy (non-hydrogen) atoms. The lowest BCUT2D eigenvalue weighted by Crippen LogP contribution is -2.39. The van der Waals surface area contributed by atoms with Crippen LogP contribution < -0.4 is 13.9 Å². The van der Waals surface area contributed by atoms with Gasteiger partial charge in [0.2, 0.25) is 0 Å². The smallest absolute Gasteiger partial charge is 0.265 e. The van der Waals surface area contributed by atoms with Gasteiger partial charge in [0.15, 0.2) is 6.61 Å². The monoisotopic (exact) mass is 462 g/mol. The third kappa shape index (κ3) is 3.76. The van der Waals surface area contributed by atoms with Crippen molar-refractivity contribution in [3.8, 4) is 5.75 Å². The van der Waals surface area contributed by atoms with Gasteiger partial charge in [0, 0.05) is 18.3 Å². The fraction of sp³-hybridized carbons (Fsp3) is 0.269. The summed E-state index contributed by atoms with van der Waals surface area (Å²) in [4.78, 5) is 14.9. The van der Waals surface area contributed by atoms with Crippen LogP contribution in [0.3, 0.4) is 0 Å². The second kappa shape index (κ2) is 8.23. The zero-order valence-electron chi connectivity index (χ0n) is 18.7. The summed E-state index contributed by atoms with van der Waals surface area (Å²) >= 11 is 0. The van der Waals surface area contributed by atoms with Crippen molar-refractivity contribution in [2.45, 2.75) is 37.6 Å². The zero-order valence-corrected chi connectivity index (χ0v) is 19.5. The molecule has 2 aliphatic heterocycles. The Morgan fingerprint density at radius 3 is 2.45 bits per heavy atom. The van der Waals surface area contributed by atoms with E-state index in [0.29, 0.717) is 24.3 Å². The van der Waals surface area contributed by atoms with Crippen LogP contribution >= 0.6 is 0 Å². The number of para-hydroxylation sites is 2. The molecule has 0 spiro atoms. The van der Waals surface area contributed by atoms with E-state index >= 15 is 0 Å². The molecule has 1 amide bonds. The average Bonchev–Trinajstić information content (AvgIpc) is 3.38. The van der Waals surface area contributed by atoms with Crippen LogP contribution in [0.25, 0.3) is 0 Å². The van der Waals surface area contributed by atoms with Crippen molar-refractivity contribution in [1.82, 2.24) is 0 Å². The number of anilines is 2. The number of carbonyl (C=O) groups is 1. The van der Waals surface area contributed by atoms with Crippen LogP contribution in [0.5, 0.6) is 5.75 Å². The molecule has 2 aliphatic rings. The quantitative estimate of drug-likeness (QED) is 0.573. The van der Waals surface area contributed by atoms with E-state index in [1.165, 1.54) is 4.31 Å². The van der Waals surface area contributed by atoms with Crippen LogP contribution in [0.1, 0.15) is 23.6 Å². The Morgan fingerprint density at radius 1 is 1.00 bits per heavy atom. The Balaban J connectivity index is 1.31. The first-order valence-electron chi connectivity index (χ1n) is 11.1. The van der Waals surface area contributed by atoms with Gasteiger partial charge in [-0.2, -0.15) is 0 Å². The Hall–Kier alpha value is -3.32. The first kappa shape index (κ1) is 21.5. The summed E-state index contributed by atoms with van der Waals surface area (Å²) < 4.78 is 33.8. The van der Waals surface area contributed by atoms with Crippen LogP contribution in [-0.4, -0.2) is 33.5 Å². The molecule has 5 rings (SSSR count). The number of ether oxygens (including phenoxy) is 1. The predicted molar refractivity (Wildman–Crippen MR) is 128 cm³/mol. The lowest BCUT2D eigenvalue weighted by Gasteiger charge is -2.23. The van der Waals surface area contributed by atoms with Crippen LogP contribution in [-0.2, 0) is 27.7 Å². The van der Waals surface area contributed by atoms with Crippen molar-refractivity contribution < 1.29 is 17.9 Å². The fourth-order valence-electron chi connectivity index (χ4n) is 4.78. The molecule has 0 saturated heterocycles. The summed E-state index contributed by atoms with van der Waals surface area (Å²) in [7, 11) is -3.67. The van der Waals surface area contributed by atoms with E-state index in [-0.39, 0.29) is 23.5 Å². The fourth-order valence-corrected chi connectivity index (χ4v) is 6.37. The van der Waals surface area contributed by atoms with Gasteiger partial charge in [0.05, 0.1) is 10.6 Å². The number of benzene rings is 3. The molecule has 0 fully saturated rings. The molecule has 1 atom stereocenters. The van der Waals surface area contributed by atoms with E-state index in [2.05, 4.69) is 0 Å². The Kier molecular flexibility index (Phi) is 5.37. The first-order chi connectivity index (χ1) is 15.9. The molecule has 0 aliphatic carbocycles. The molecule has 0 bridgehead atoms. The highest BCUT2D eigenvalue weighted by molar-refractivity contribution is 7.92. The molecule has 7 heteroatoms. The van der Waals surface area contributed by atoms with E-state index in [1.807, 2.05) is 55.5 Å². The number of carbonyl (C=O) groups excluding carboxylic acids is 1. The largest absolute Gasteiger partial charge is 0.483 e. The number of rotatable bonds is 5. The van der Waals surface area contributed by atoms with Gasteiger partial charge in [-0.3, -0.25) is 9.10 Å². The highest BCUT2D eigenvalue weighted by Gasteiger charge is 2.32. The summed E-state index contributed by atoms with van der Waals surface area (Å²) in [5, 5.41) is 0. The minimum Gasteiger partial charge on any atom is -0.483 e. The van der Waals surface area contributed by atoms with E-state index in [4.69, 9.17) is 4.74 Å². The maximum atomic E-state index is 13.3. The lowest BCUT2D eigenvalue weighted by atomic mass is 10.1. The topological polar surface area (TPSA) is 66.9 Å². The highest BCUT2D eigenvalue weighted by Crippen LogP contribution is 2.34. The second-order valence-electron chi connectivity index (χ2n) is 8.62. The van der Waals surface area contributed by atoms with Gasteiger partial charge >= 0.3 is 0 Å². The molecule has 3 aromatic rings. The number of hydrogen-bond donors (Lipinski definition) is 0. The molecule has 170 valence electrons. The van der Waals surface area contributed by atoms with Crippen LogP contribution in [0.15, 0.2) is 71.6 Å². The molecular formula is C26H26N2O4S. The van der Waals surface area contributed by atoms with Gasteiger partial charge in [0.1, 0.15) is 5.75 Å². The number of fused-ring (bicyclic) bond motifs is 2. The van der Waals surface area contributed by atoms with Crippen molar-refractivity contribution in [3.63, 3.8) is 0 Å². The first-order valence-corrected chi connectivity index (χ1v) is 12.5. The Labute approximate surface area is 194 Å². The number of hydrogen-bond acceptors (Lipinski definition) is 4. The average molecular weight is 463 g/mol. The molecule has 0 unspecified atom stereocenters. The van der Waals surface area contributed by atoms with Gasteiger partial charge in [-0.15, -0.1) is 0 Å². The Bertz CT molecular complexity index is 1340. The van der Waals surface area contributed by atoms with Crippen LogP contribution in [0.4, 0.5) is 11.4 Å². The molecular weight excluding hydrogens is 436 g/mol. The third-order valence-corrected chi connectivity index (χ3v) is 8.22.